The first-order valence-electron chi connectivity index (χ1n) is 7.57. The maximum Gasteiger partial charge on any atom is 0.433 e. The first kappa shape index (κ1) is 18.6. The zero-order valence-corrected chi connectivity index (χ0v) is 13.6. The predicted octanol–water partition coefficient (Wildman–Crippen LogP) is 2.82. The van der Waals surface area contributed by atoms with E-state index in [1.807, 2.05) is 0 Å². The highest BCUT2D eigenvalue weighted by atomic mass is 19.3. The van der Waals surface area contributed by atoms with Crippen LogP contribution in [0.4, 0.5) is 17.6 Å². The Bertz CT molecular complexity index is 920. The summed E-state index contributed by atoms with van der Waals surface area (Å²) in [5, 5.41) is 23.7. The fourth-order valence-electron chi connectivity index (χ4n) is 2.45. The SMILES string of the molecule is Oc1ccc(OC(F)(F)C(O)(Cn2cncn2)c2ccc(F)cc2F)cc1. The molecule has 1 unspecified atom stereocenters. The molecule has 2 N–H and O–H groups in total. The van der Waals surface area contributed by atoms with Gasteiger partial charge in [0.15, 0.2) is 0 Å². The minimum Gasteiger partial charge on any atom is -0.508 e. The van der Waals surface area contributed by atoms with E-state index >= 15 is 0 Å². The normalized spacial score (nSPS) is 14.0. The number of halogens is 4. The fraction of sp³-hybridized carbons (Fsp3) is 0.176. The van der Waals surface area contributed by atoms with Gasteiger partial charge in [0.25, 0.3) is 0 Å². The summed E-state index contributed by atoms with van der Waals surface area (Å²) in [7, 11) is 0. The van der Waals surface area contributed by atoms with Crippen molar-refractivity contribution in [1.82, 2.24) is 14.8 Å². The van der Waals surface area contributed by atoms with Crippen LogP contribution < -0.4 is 4.74 Å². The molecule has 0 saturated heterocycles. The Morgan fingerprint density at radius 3 is 2.37 bits per heavy atom. The van der Waals surface area contributed by atoms with Gasteiger partial charge in [0.1, 0.15) is 35.8 Å². The van der Waals surface area contributed by atoms with E-state index in [0.717, 1.165) is 47.7 Å². The second-order valence-corrected chi connectivity index (χ2v) is 5.69. The Hall–Kier alpha value is -3.14. The molecular formula is C17H13F4N3O3. The van der Waals surface area contributed by atoms with E-state index in [2.05, 4.69) is 14.8 Å². The van der Waals surface area contributed by atoms with E-state index in [1.54, 1.807) is 0 Å². The van der Waals surface area contributed by atoms with Gasteiger partial charge >= 0.3 is 6.11 Å². The van der Waals surface area contributed by atoms with Gasteiger partial charge in [0, 0.05) is 11.6 Å². The Balaban J connectivity index is 2.05. The van der Waals surface area contributed by atoms with Gasteiger partial charge in [0.05, 0.1) is 6.54 Å². The zero-order chi connectivity index (χ0) is 19.7. The van der Waals surface area contributed by atoms with Crippen molar-refractivity contribution in [3.8, 4) is 11.5 Å². The molecule has 6 nitrogen and oxygen atoms in total. The van der Waals surface area contributed by atoms with Crippen molar-refractivity contribution in [1.29, 1.82) is 0 Å². The summed E-state index contributed by atoms with van der Waals surface area (Å²) in [6.07, 6.45) is -2.28. The summed E-state index contributed by atoms with van der Waals surface area (Å²) in [6.45, 7) is -0.930. The zero-order valence-electron chi connectivity index (χ0n) is 13.6. The molecule has 142 valence electrons. The average molecular weight is 383 g/mol. The van der Waals surface area contributed by atoms with Crippen molar-refractivity contribution in [2.45, 2.75) is 18.3 Å². The highest BCUT2D eigenvalue weighted by Gasteiger charge is 2.58. The van der Waals surface area contributed by atoms with Crippen LogP contribution >= 0.6 is 0 Å². The van der Waals surface area contributed by atoms with Gasteiger partial charge < -0.3 is 14.9 Å². The smallest absolute Gasteiger partial charge is 0.433 e. The molecule has 1 heterocycles. The van der Waals surface area contributed by atoms with Gasteiger partial charge in [-0.15, -0.1) is 0 Å². The van der Waals surface area contributed by atoms with E-state index in [-0.39, 0.29) is 5.75 Å². The van der Waals surface area contributed by atoms with Gasteiger partial charge in [-0.2, -0.15) is 13.9 Å². The van der Waals surface area contributed by atoms with Crippen LogP contribution in [0.3, 0.4) is 0 Å². The molecule has 27 heavy (non-hydrogen) atoms. The van der Waals surface area contributed by atoms with Crippen LogP contribution in [0.15, 0.2) is 55.1 Å². The van der Waals surface area contributed by atoms with E-state index < -0.39 is 41.2 Å². The van der Waals surface area contributed by atoms with Gasteiger partial charge in [-0.25, -0.2) is 18.4 Å². The van der Waals surface area contributed by atoms with Crippen molar-refractivity contribution in [3.05, 3.63) is 72.3 Å². The molecule has 3 aromatic rings. The average Bonchev–Trinajstić information content (AvgIpc) is 3.09. The van der Waals surface area contributed by atoms with Crippen LogP contribution in [0.1, 0.15) is 5.56 Å². The van der Waals surface area contributed by atoms with Crippen LogP contribution in [-0.4, -0.2) is 31.1 Å². The lowest BCUT2D eigenvalue weighted by Gasteiger charge is -2.35. The number of rotatable bonds is 6. The van der Waals surface area contributed by atoms with Gasteiger partial charge in [-0.05, 0) is 36.4 Å². The molecule has 0 fully saturated rings. The summed E-state index contributed by atoms with van der Waals surface area (Å²) in [5.74, 6) is -2.96. The standard InChI is InChI=1S/C17H13F4N3O3/c18-11-1-6-14(15(19)7-11)16(26,8-24-10-22-9-23-24)17(20,21)27-13-4-2-12(25)3-5-13/h1-7,9-10,25-26H,8H2. The quantitative estimate of drug-likeness (QED) is 0.640. The van der Waals surface area contributed by atoms with E-state index in [4.69, 9.17) is 0 Å². The van der Waals surface area contributed by atoms with Crippen molar-refractivity contribution in [3.63, 3.8) is 0 Å². The number of aromatic hydroxyl groups is 1. The number of nitrogens with zero attached hydrogens (tertiary/aromatic N) is 3. The van der Waals surface area contributed by atoms with Crippen LogP contribution in [0.2, 0.25) is 0 Å². The molecule has 0 amide bonds. The summed E-state index contributed by atoms with van der Waals surface area (Å²) < 4.78 is 62.8. The van der Waals surface area contributed by atoms with Crippen molar-refractivity contribution in [2.24, 2.45) is 0 Å². The molecule has 0 aliphatic heterocycles. The summed E-state index contributed by atoms with van der Waals surface area (Å²) in [6, 6.07) is 6.09. The molecule has 10 heteroatoms. The van der Waals surface area contributed by atoms with E-state index in [0.29, 0.717) is 12.1 Å². The van der Waals surface area contributed by atoms with E-state index in [1.165, 1.54) is 0 Å². The Morgan fingerprint density at radius 2 is 1.78 bits per heavy atom. The van der Waals surface area contributed by atoms with E-state index in [9.17, 15) is 27.8 Å². The number of phenols is 1. The third-order valence-electron chi connectivity index (χ3n) is 3.80. The number of benzene rings is 2. The number of ether oxygens (including phenoxy) is 1. The van der Waals surface area contributed by atoms with Gasteiger partial charge in [-0.1, -0.05) is 0 Å². The number of alkyl halides is 2. The van der Waals surface area contributed by atoms with Crippen LogP contribution in [0.25, 0.3) is 0 Å². The minimum absolute atomic E-state index is 0.187. The molecule has 0 spiro atoms. The number of hydrogen-bond acceptors (Lipinski definition) is 5. The largest absolute Gasteiger partial charge is 0.508 e. The molecule has 0 saturated carbocycles. The topological polar surface area (TPSA) is 80.4 Å². The van der Waals surface area contributed by atoms with Gasteiger partial charge in [-0.3, -0.25) is 0 Å². The van der Waals surface area contributed by atoms with Crippen molar-refractivity contribution < 1.29 is 32.5 Å². The third kappa shape index (κ3) is 3.70. The number of aromatic nitrogens is 3. The van der Waals surface area contributed by atoms with Crippen LogP contribution in [-0.2, 0) is 12.1 Å². The lowest BCUT2D eigenvalue weighted by Crippen LogP contribution is -2.52. The Kier molecular flexibility index (Phi) is 4.75. The molecule has 0 aliphatic rings. The first-order valence-corrected chi connectivity index (χ1v) is 7.57. The van der Waals surface area contributed by atoms with Crippen LogP contribution in [0, 0.1) is 11.6 Å². The molecule has 2 aromatic carbocycles. The molecule has 1 atom stereocenters. The number of hydrogen-bond donors (Lipinski definition) is 2. The number of aliphatic hydroxyl groups is 1. The predicted molar refractivity (Wildman–Crippen MR) is 84.0 cm³/mol. The lowest BCUT2D eigenvalue weighted by atomic mass is 9.91. The number of phenolic OH excluding ortho intramolecular Hbond substituents is 1. The monoisotopic (exact) mass is 383 g/mol. The Morgan fingerprint density at radius 1 is 1.07 bits per heavy atom. The van der Waals surface area contributed by atoms with Crippen LogP contribution in [0.5, 0.6) is 11.5 Å². The molecule has 0 bridgehead atoms. The second-order valence-electron chi connectivity index (χ2n) is 5.69. The molecule has 3 rings (SSSR count). The van der Waals surface area contributed by atoms with Crippen molar-refractivity contribution >= 4 is 0 Å². The lowest BCUT2D eigenvalue weighted by molar-refractivity contribution is -0.301. The highest BCUT2D eigenvalue weighted by molar-refractivity contribution is 5.32. The molecule has 1 aromatic heterocycles. The fourth-order valence-corrected chi connectivity index (χ4v) is 2.45. The highest BCUT2D eigenvalue weighted by Crippen LogP contribution is 2.42. The second kappa shape index (κ2) is 6.88. The van der Waals surface area contributed by atoms with Crippen molar-refractivity contribution in [2.75, 3.05) is 0 Å². The summed E-state index contributed by atoms with van der Waals surface area (Å²) in [5.41, 5.74) is -4.14. The van der Waals surface area contributed by atoms with Gasteiger partial charge in [0.2, 0.25) is 5.60 Å². The molecule has 0 aliphatic carbocycles. The third-order valence-corrected chi connectivity index (χ3v) is 3.80. The first-order chi connectivity index (χ1) is 12.7. The summed E-state index contributed by atoms with van der Waals surface area (Å²) >= 11 is 0. The molecule has 0 radical (unpaired) electrons. The minimum atomic E-state index is -4.37. The molecular weight excluding hydrogens is 370 g/mol. The maximum atomic E-state index is 15.0. The summed E-state index contributed by atoms with van der Waals surface area (Å²) in [4.78, 5) is 3.59. The maximum absolute atomic E-state index is 15.0. The Labute approximate surface area is 150 Å².